The number of hydrogen-bond donors (Lipinski definition) is 2. The molecule has 0 aliphatic carbocycles. The van der Waals surface area contributed by atoms with Gasteiger partial charge in [0.1, 0.15) is 5.82 Å². The second-order valence-electron chi connectivity index (χ2n) is 5.28. The zero-order valence-corrected chi connectivity index (χ0v) is 14.6. The van der Waals surface area contributed by atoms with Gasteiger partial charge in [-0.2, -0.15) is 4.98 Å². The summed E-state index contributed by atoms with van der Waals surface area (Å²) in [7, 11) is 0. The molecule has 0 saturated carbocycles. The summed E-state index contributed by atoms with van der Waals surface area (Å²) in [5.41, 5.74) is 2.97. The van der Waals surface area contributed by atoms with Gasteiger partial charge in [0.05, 0.1) is 0 Å². The van der Waals surface area contributed by atoms with Crippen LogP contribution in [0.1, 0.15) is 11.1 Å². The molecule has 6 heteroatoms. The van der Waals surface area contributed by atoms with Gasteiger partial charge in [0.2, 0.25) is 5.95 Å². The summed E-state index contributed by atoms with van der Waals surface area (Å²) in [6.45, 7) is 2.61. The third kappa shape index (κ3) is 4.16. The van der Waals surface area contributed by atoms with Crippen LogP contribution in [-0.4, -0.2) is 9.97 Å². The van der Waals surface area contributed by atoms with E-state index in [0.29, 0.717) is 17.5 Å². The minimum atomic E-state index is 0.515. The molecule has 0 amide bonds. The minimum absolute atomic E-state index is 0.515. The van der Waals surface area contributed by atoms with Crippen molar-refractivity contribution in [3.8, 4) is 0 Å². The molecular weight excluding hydrogens is 343 g/mol. The first kappa shape index (κ1) is 16.6. The van der Waals surface area contributed by atoms with Crippen LogP contribution in [0.25, 0.3) is 0 Å². The van der Waals surface area contributed by atoms with Gasteiger partial charge in [-0.05, 0) is 48.4 Å². The molecule has 3 aromatic rings. The van der Waals surface area contributed by atoms with Crippen LogP contribution in [0.2, 0.25) is 10.0 Å². The van der Waals surface area contributed by atoms with Crippen molar-refractivity contribution in [1.29, 1.82) is 0 Å². The minimum Gasteiger partial charge on any atom is -0.366 e. The summed E-state index contributed by atoms with van der Waals surface area (Å²) in [4.78, 5) is 8.72. The Hall–Kier alpha value is -2.30. The maximum atomic E-state index is 6.14. The van der Waals surface area contributed by atoms with E-state index < -0.39 is 0 Å². The number of benzene rings is 2. The second-order valence-corrected chi connectivity index (χ2v) is 6.13. The molecule has 122 valence electrons. The lowest BCUT2D eigenvalue weighted by molar-refractivity contribution is 1.08. The first-order valence-electron chi connectivity index (χ1n) is 7.45. The number of hydrogen-bond acceptors (Lipinski definition) is 4. The number of anilines is 3. The number of halogens is 2. The second kappa shape index (κ2) is 7.51. The van der Waals surface area contributed by atoms with E-state index in [2.05, 4.69) is 20.6 Å². The number of aromatic nitrogens is 2. The standard InChI is InChI=1S/C18H16Cl2N4/c1-12-15(20)3-2-4-16(12)23-18-21-10-9-17(24-18)22-11-13-5-7-14(19)8-6-13/h2-10H,11H2,1H3,(H2,21,22,23,24). The molecule has 0 fully saturated rings. The van der Waals surface area contributed by atoms with E-state index in [1.54, 1.807) is 6.20 Å². The van der Waals surface area contributed by atoms with Crippen LogP contribution in [-0.2, 0) is 6.54 Å². The maximum Gasteiger partial charge on any atom is 0.229 e. The van der Waals surface area contributed by atoms with Gasteiger partial charge in [-0.25, -0.2) is 4.98 Å². The molecule has 0 saturated heterocycles. The molecule has 0 bridgehead atoms. The van der Waals surface area contributed by atoms with E-state index in [4.69, 9.17) is 23.2 Å². The SMILES string of the molecule is Cc1c(Cl)cccc1Nc1nccc(NCc2ccc(Cl)cc2)n1. The third-order valence-corrected chi connectivity index (χ3v) is 4.22. The monoisotopic (exact) mass is 358 g/mol. The molecule has 1 aromatic heterocycles. The van der Waals surface area contributed by atoms with Crippen molar-refractivity contribution in [2.45, 2.75) is 13.5 Å². The predicted octanol–water partition coefficient (Wildman–Crippen LogP) is 5.45. The highest BCUT2D eigenvalue weighted by Crippen LogP contribution is 2.25. The molecular formula is C18H16Cl2N4. The normalized spacial score (nSPS) is 10.5. The number of nitrogens with one attached hydrogen (secondary N) is 2. The quantitative estimate of drug-likeness (QED) is 0.636. The zero-order valence-electron chi connectivity index (χ0n) is 13.1. The highest BCUT2D eigenvalue weighted by atomic mass is 35.5. The largest absolute Gasteiger partial charge is 0.366 e. The fourth-order valence-electron chi connectivity index (χ4n) is 2.18. The van der Waals surface area contributed by atoms with E-state index in [1.807, 2.05) is 55.5 Å². The predicted molar refractivity (Wildman–Crippen MR) is 100 cm³/mol. The van der Waals surface area contributed by atoms with Crippen molar-refractivity contribution in [2.24, 2.45) is 0 Å². The first-order chi connectivity index (χ1) is 11.6. The molecule has 2 aromatic carbocycles. The Labute approximate surface area is 150 Å². The van der Waals surface area contributed by atoms with Crippen LogP contribution in [0, 0.1) is 6.92 Å². The third-order valence-electron chi connectivity index (χ3n) is 3.56. The summed E-state index contributed by atoms with van der Waals surface area (Å²) in [6.07, 6.45) is 1.71. The highest BCUT2D eigenvalue weighted by molar-refractivity contribution is 6.31. The highest BCUT2D eigenvalue weighted by Gasteiger charge is 2.05. The molecule has 0 aliphatic rings. The molecule has 0 aliphatic heterocycles. The van der Waals surface area contributed by atoms with Crippen LogP contribution in [0.4, 0.5) is 17.5 Å². The van der Waals surface area contributed by atoms with Gasteiger partial charge in [-0.15, -0.1) is 0 Å². The van der Waals surface area contributed by atoms with E-state index in [9.17, 15) is 0 Å². The molecule has 0 spiro atoms. The van der Waals surface area contributed by atoms with Gasteiger partial charge < -0.3 is 10.6 Å². The van der Waals surface area contributed by atoms with Crippen molar-refractivity contribution in [1.82, 2.24) is 9.97 Å². The Kier molecular flexibility index (Phi) is 5.18. The van der Waals surface area contributed by atoms with Crippen LogP contribution >= 0.6 is 23.2 Å². The Morgan fingerprint density at radius 3 is 2.58 bits per heavy atom. The van der Waals surface area contributed by atoms with Crippen LogP contribution < -0.4 is 10.6 Å². The Balaban J connectivity index is 1.69. The Morgan fingerprint density at radius 1 is 1.00 bits per heavy atom. The van der Waals surface area contributed by atoms with Crippen LogP contribution in [0.3, 0.4) is 0 Å². The topological polar surface area (TPSA) is 49.8 Å². The number of rotatable bonds is 5. The molecule has 1 heterocycles. The fraction of sp³-hybridized carbons (Fsp3) is 0.111. The van der Waals surface area contributed by atoms with Gasteiger partial charge in [0, 0.05) is 28.5 Å². The maximum absolute atomic E-state index is 6.14. The van der Waals surface area contributed by atoms with Gasteiger partial charge in [0.25, 0.3) is 0 Å². The van der Waals surface area contributed by atoms with E-state index in [0.717, 1.165) is 27.7 Å². The molecule has 24 heavy (non-hydrogen) atoms. The average Bonchev–Trinajstić information content (AvgIpc) is 2.59. The average molecular weight is 359 g/mol. The van der Waals surface area contributed by atoms with Crippen molar-refractivity contribution in [3.05, 3.63) is 75.9 Å². The first-order valence-corrected chi connectivity index (χ1v) is 8.21. The van der Waals surface area contributed by atoms with Crippen molar-refractivity contribution >= 4 is 40.7 Å². The number of nitrogens with zero attached hydrogens (tertiary/aromatic N) is 2. The smallest absolute Gasteiger partial charge is 0.229 e. The molecule has 3 rings (SSSR count). The summed E-state index contributed by atoms with van der Waals surface area (Å²) >= 11 is 12.0. The molecule has 4 nitrogen and oxygen atoms in total. The van der Waals surface area contributed by atoms with Crippen molar-refractivity contribution in [2.75, 3.05) is 10.6 Å². The summed E-state index contributed by atoms with van der Waals surface area (Å²) in [6, 6.07) is 15.2. The fourth-order valence-corrected chi connectivity index (χ4v) is 2.48. The van der Waals surface area contributed by atoms with Gasteiger partial charge in [0.15, 0.2) is 0 Å². The van der Waals surface area contributed by atoms with Crippen LogP contribution in [0.15, 0.2) is 54.7 Å². The molecule has 0 atom stereocenters. The molecule has 0 radical (unpaired) electrons. The van der Waals surface area contributed by atoms with Crippen molar-refractivity contribution in [3.63, 3.8) is 0 Å². The molecule has 0 unspecified atom stereocenters. The Morgan fingerprint density at radius 2 is 1.79 bits per heavy atom. The summed E-state index contributed by atoms with van der Waals surface area (Å²) in [5.74, 6) is 1.25. The van der Waals surface area contributed by atoms with Gasteiger partial charge in [-0.1, -0.05) is 41.4 Å². The summed E-state index contributed by atoms with van der Waals surface area (Å²) in [5, 5.41) is 7.90. The van der Waals surface area contributed by atoms with Crippen LogP contribution in [0.5, 0.6) is 0 Å². The van der Waals surface area contributed by atoms with Gasteiger partial charge in [-0.3, -0.25) is 0 Å². The lowest BCUT2D eigenvalue weighted by atomic mass is 10.2. The van der Waals surface area contributed by atoms with E-state index in [-0.39, 0.29) is 0 Å². The van der Waals surface area contributed by atoms with E-state index in [1.165, 1.54) is 0 Å². The van der Waals surface area contributed by atoms with Gasteiger partial charge >= 0.3 is 0 Å². The Bertz CT molecular complexity index is 835. The molecule has 2 N–H and O–H groups in total. The summed E-state index contributed by atoms with van der Waals surface area (Å²) < 4.78 is 0. The zero-order chi connectivity index (χ0) is 16.9. The van der Waals surface area contributed by atoms with Crippen molar-refractivity contribution < 1.29 is 0 Å². The van der Waals surface area contributed by atoms with E-state index >= 15 is 0 Å². The lowest BCUT2D eigenvalue weighted by Crippen LogP contribution is -2.04. The lowest BCUT2D eigenvalue weighted by Gasteiger charge is -2.11.